The van der Waals surface area contributed by atoms with Crippen LogP contribution in [0.3, 0.4) is 0 Å². The van der Waals surface area contributed by atoms with Crippen molar-refractivity contribution in [2.24, 2.45) is 17.3 Å². The van der Waals surface area contributed by atoms with Gasteiger partial charge < -0.3 is 0 Å². The predicted molar refractivity (Wildman–Crippen MR) is 66.4 cm³/mol. The summed E-state index contributed by atoms with van der Waals surface area (Å²) in [7, 11) is 0. The predicted octanol–water partition coefficient (Wildman–Crippen LogP) is 4.54. The first kappa shape index (κ1) is 11.0. The van der Waals surface area contributed by atoms with E-state index >= 15 is 0 Å². The highest BCUT2D eigenvalue weighted by atomic mass is 14.5. The summed E-state index contributed by atoms with van der Waals surface area (Å²) in [5.41, 5.74) is 3.37. The Balaban J connectivity index is 2.10. The Morgan fingerprint density at radius 1 is 1.27 bits per heavy atom. The molecule has 0 amide bonds. The van der Waals surface area contributed by atoms with Crippen molar-refractivity contribution >= 4 is 0 Å². The van der Waals surface area contributed by atoms with E-state index in [-0.39, 0.29) is 0 Å². The highest BCUT2D eigenvalue weighted by Gasteiger charge is 2.47. The zero-order valence-corrected chi connectivity index (χ0v) is 10.2. The smallest absolute Gasteiger partial charge is 0.0137 e. The minimum Gasteiger partial charge on any atom is -0.0996 e. The van der Waals surface area contributed by atoms with Crippen LogP contribution in [0.5, 0.6) is 0 Å². The summed E-state index contributed by atoms with van der Waals surface area (Å²) in [6.45, 7) is 13.2. The Bertz CT molecular complexity index is 282. The lowest BCUT2D eigenvalue weighted by Crippen LogP contribution is -2.44. The normalized spacial score (nSPS) is 35.9. The number of allylic oxidation sites excluding steroid dienone is 2. The third-order valence-corrected chi connectivity index (χ3v) is 4.43. The quantitative estimate of drug-likeness (QED) is 0.507. The monoisotopic (exact) mass is 203 g/mol. The lowest BCUT2D eigenvalue weighted by molar-refractivity contribution is 0.00412. The van der Waals surface area contributed by atoms with E-state index in [4.69, 9.17) is 0 Å². The Kier molecular flexibility index (Phi) is 2.79. The van der Waals surface area contributed by atoms with Crippen LogP contribution in [0, 0.1) is 23.7 Å². The molecule has 15 heavy (non-hydrogen) atoms. The molecule has 2 aliphatic rings. The Morgan fingerprint density at radius 2 is 2.00 bits per heavy atom. The summed E-state index contributed by atoms with van der Waals surface area (Å²) in [4.78, 5) is 0. The van der Waals surface area contributed by atoms with Crippen LogP contribution in [-0.2, 0) is 0 Å². The summed E-state index contributed by atoms with van der Waals surface area (Å²) in [5.74, 6) is 1.66. The second-order valence-corrected chi connectivity index (χ2v) is 6.00. The van der Waals surface area contributed by atoms with Gasteiger partial charge >= 0.3 is 0 Å². The first-order valence-corrected chi connectivity index (χ1v) is 6.19. The van der Waals surface area contributed by atoms with Gasteiger partial charge in [-0.2, -0.15) is 0 Å². The molecule has 0 spiro atoms. The molecule has 1 radical (unpaired) electrons. The molecule has 0 saturated heterocycles. The molecular formula is C15H23. The fourth-order valence-electron chi connectivity index (χ4n) is 3.36. The molecule has 0 aliphatic heterocycles. The lowest BCUT2D eigenvalue weighted by Gasteiger charge is -2.53. The number of hydrogen-bond acceptors (Lipinski definition) is 0. The number of rotatable bonds is 0. The standard InChI is InChI=1S/C15H23/c1-11-6-5-7-12(2)13-10-15(3,4)14(13)9-8-11/h6,13-14H,1-2,5,7-10H2,3-4H3. The van der Waals surface area contributed by atoms with Crippen molar-refractivity contribution in [1.82, 2.24) is 0 Å². The topological polar surface area (TPSA) is 0 Å². The van der Waals surface area contributed by atoms with Gasteiger partial charge in [-0.25, -0.2) is 0 Å². The van der Waals surface area contributed by atoms with Crippen LogP contribution in [0.15, 0.2) is 24.3 Å². The molecule has 0 nitrogen and oxygen atoms in total. The molecule has 0 heterocycles. The van der Waals surface area contributed by atoms with E-state index in [0.29, 0.717) is 5.41 Å². The van der Waals surface area contributed by atoms with E-state index in [1.807, 2.05) is 0 Å². The van der Waals surface area contributed by atoms with Crippen LogP contribution in [0.2, 0.25) is 0 Å². The minimum atomic E-state index is 0.540. The van der Waals surface area contributed by atoms with Gasteiger partial charge in [-0.05, 0) is 55.8 Å². The van der Waals surface area contributed by atoms with Crippen LogP contribution >= 0.6 is 0 Å². The molecule has 0 aromatic carbocycles. The van der Waals surface area contributed by atoms with Crippen molar-refractivity contribution < 1.29 is 0 Å². The third-order valence-electron chi connectivity index (χ3n) is 4.43. The Morgan fingerprint density at radius 3 is 2.67 bits per heavy atom. The maximum absolute atomic E-state index is 4.28. The summed E-state index contributed by atoms with van der Waals surface area (Å²) < 4.78 is 0. The molecule has 2 unspecified atom stereocenters. The van der Waals surface area contributed by atoms with Crippen molar-refractivity contribution in [3.63, 3.8) is 0 Å². The van der Waals surface area contributed by atoms with Gasteiger partial charge in [-0.3, -0.25) is 0 Å². The van der Waals surface area contributed by atoms with Gasteiger partial charge in [0.1, 0.15) is 0 Å². The van der Waals surface area contributed by atoms with E-state index in [9.17, 15) is 0 Å². The minimum absolute atomic E-state index is 0.540. The van der Waals surface area contributed by atoms with Crippen molar-refractivity contribution in [2.75, 3.05) is 0 Å². The van der Waals surface area contributed by atoms with Gasteiger partial charge in [-0.1, -0.05) is 38.2 Å². The van der Waals surface area contributed by atoms with Gasteiger partial charge in [0.2, 0.25) is 0 Å². The van der Waals surface area contributed by atoms with Gasteiger partial charge in [-0.15, -0.1) is 0 Å². The summed E-state index contributed by atoms with van der Waals surface area (Å²) in [6.07, 6.45) is 8.49. The van der Waals surface area contributed by atoms with E-state index in [2.05, 4.69) is 33.4 Å². The molecule has 0 aromatic rings. The summed E-state index contributed by atoms with van der Waals surface area (Å²) in [5, 5.41) is 0. The second-order valence-electron chi connectivity index (χ2n) is 6.00. The average molecular weight is 203 g/mol. The van der Waals surface area contributed by atoms with Crippen molar-refractivity contribution in [3.8, 4) is 0 Å². The molecule has 2 fully saturated rings. The molecule has 0 aromatic heterocycles. The first-order chi connectivity index (χ1) is 7.00. The van der Waals surface area contributed by atoms with Crippen LogP contribution in [-0.4, -0.2) is 0 Å². The average Bonchev–Trinajstić information content (AvgIpc) is 2.18. The van der Waals surface area contributed by atoms with Crippen molar-refractivity contribution in [2.45, 2.75) is 46.0 Å². The van der Waals surface area contributed by atoms with E-state index in [0.717, 1.165) is 18.3 Å². The maximum atomic E-state index is 4.28. The van der Waals surface area contributed by atoms with Crippen LogP contribution in [0.1, 0.15) is 46.0 Å². The molecule has 2 saturated carbocycles. The second kappa shape index (κ2) is 3.81. The zero-order valence-electron chi connectivity index (χ0n) is 10.2. The van der Waals surface area contributed by atoms with Crippen molar-refractivity contribution in [1.29, 1.82) is 0 Å². The Labute approximate surface area is 94.5 Å². The SMILES string of the molecule is C=C1[CH]CCC(=C)C2CC(C)(C)C2CC1. The van der Waals surface area contributed by atoms with Crippen LogP contribution < -0.4 is 0 Å². The highest BCUT2D eigenvalue weighted by Crippen LogP contribution is 2.56. The maximum Gasteiger partial charge on any atom is -0.0137 e. The summed E-state index contributed by atoms with van der Waals surface area (Å²) >= 11 is 0. The van der Waals surface area contributed by atoms with Crippen molar-refractivity contribution in [3.05, 3.63) is 30.7 Å². The van der Waals surface area contributed by atoms with Gasteiger partial charge in [0, 0.05) is 0 Å². The van der Waals surface area contributed by atoms with E-state index in [1.54, 1.807) is 0 Å². The number of fused-ring (bicyclic) bond motifs is 1. The molecular weight excluding hydrogens is 180 g/mol. The zero-order chi connectivity index (χ0) is 11.1. The molecule has 0 bridgehead atoms. The fourth-order valence-corrected chi connectivity index (χ4v) is 3.36. The molecule has 2 atom stereocenters. The largest absolute Gasteiger partial charge is 0.0996 e. The molecule has 0 heteroatoms. The lowest BCUT2D eigenvalue weighted by atomic mass is 9.52. The van der Waals surface area contributed by atoms with E-state index < -0.39 is 0 Å². The fraction of sp³-hybridized carbons (Fsp3) is 0.667. The van der Waals surface area contributed by atoms with Gasteiger partial charge in [0.05, 0.1) is 0 Å². The van der Waals surface area contributed by atoms with Crippen LogP contribution in [0.25, 0.3) is 0 Å². The molecule has 2 aliphatic carbocycles. The number of hydrogen-bond donors (Lipinski definition) is 0. The molecule has 0 N–H and O–H groups in total. The van der Waals surface area contributed by atoms with Crippen LogP contribution in [0.4, 0.5) is 0 Å². The van der Waals surface area contributed by atoms with Gasteiger partial charge in [0.25, 0.3) is 0 Å². The molecule has 2 rings (SSSR count). The molecule has 83 valence electrons. The first-order valence-electron chi connectivity index (χ1n) is 6.19. The third kappa shape index (κ3) is 2.04. The Hall–Kier alpha value is -0.520. The highest BCUT2D eigenvalue weighted by molar-refractivity contribution is 5.18. The van der Waals surface area contributed by atoms with E-state index in [1.165, 1.54) is 36.8 Å². The van der Waals surface area contributed by atoms with Gasteiger partial charge in [0.15, 0.2) is 0 Å². The summed E-state index contributed by atoms with van der Waals surface area (Å²) in [6, 6.07) is 0.